The molecule has 16 heavy (non-hydrogen) atoms. The molecule has 1 aromatic carbocycles. The molecule has 3 nitrogen and oxygen atoms in total. The number of nitrogens with one attached hydrogen (secondary N) is 1. The van der Waals surface area contributed by atoms with E-state index in [-0.39, 0.29) is 6.09 Å². The monoisotopic (exact) mass is 237 g/mol. The Morgan fingerprint density at radius 2 is 1.94 bits per heavy atom. The zero-order chi connectivity index (χ0) is 12.0. The average molecular weight is 237 g/mol. The molecule has 0 radical (unpaired) electrons. The number of benzene rings is 1. The molecule has 1 rings (SSSR count). The normalized spacial score (nSPS) is 10.9. The van der Waals surface area contributed by atoms with Crippen molar-refractivity contribution < 1.29 is 9.53 Å². The van der Waals surface area contributed by atoms with Crippen LogP contribution in [0.25, 0.3) is 0 Å². The van der Waals surface area contributed by atoms with Gasteiger partial charge in [0.25, 0.3) is 0 Å². The van der Waals surface area contributed by atoms with Gasteiger partial charge in [0.1, 0.15) is 0 Å². The number of carbonyl (C=O) groups excluding carboxylic acids is 1. The van der Waals surface area contributed by atoms with Crippen LogP contribution in [0.5, 0.6) is 0 Å². The van der Waals surface area contributed by atoms with Crippen molar-refractivity contribution in [2.45, 2.75) is 26.1 Å². The van der Waals surface area contributed by atoms with Gasteiger partial charge in [-0.3, -0.25) is 0 Å². The second-order valence-corrected chi connectivity index (χ2v) is 8.76. The lowest BCUT2D eigenvalue weighted by molar-refractivity contribution is 0.158. The molecular formula is C12H19NO2Si. The Bertz CT molecular complexity index is 338. The molecule has 0 aliphatic rings. The highest BCUT2D eigenvalue weighted by atomic mass is 28.3. The van der Waals surface area contributed by atoms with E-state index in [1.54, 1.807) is 0 Å². The molecule has 0 fully saturated rings. The van der Waals surface area contributed by atoms with Gasteiger partial charge in [-0.1, -0.05) is 43.4 Å². The second-order valence-electron chi connectivity index (χ2n) is 4.39. The maximum atomic E-state index is 11.4. The maximum Gasteiger partial charge on any atom is 0.399 e. The Balaban J connectivity index is 2.54. The van der Waals surface area contributed by atoms with E-state index in [1.165, 1.54) is 5.56 Å². The van der Waals surface area contributed by atoms with E-state index < -0.39 is 8.24 Å². The van der Waals surface area contributed by atoms with Gasteiger partial charge in [0, 0.05) is 0 Å². The molecule has 1 aromatic rings. The van der Waals surface area contributed by atoms with Crippen molar-refractivity contribution in [2.75, 3.05) is 6.61 Å². The van der Waals surface area contributed by atoms with Gasteiger partial charge < -0.3 is 9.72 Å². The molecule has 0 bridgehead atoms. The van der Waals surface area contributed by atoms with Crippen LogP contribution in [0.4, 0.5) is 4.79 Å². The number of ether oxygens (including phenoxy) is 1. The van der Waals surface area contributed by atoms with Crippen LogP contribution in [0.15, 0.2) is 30.3 Å². The predicted molar refractivity (Wildman–Crippen MR) is 67.8 cm³/mol. The Hall–Kier alpha value is -1.29. The van der Waals surface area contributed by atoms with Crippen molar-refractivity contribution in [1.82, 2.24) is 4.98 Å². The summed E-state index contributed by atoms with van der Waals surface area (Å²) in [6.45, 7) is 6.47. The fraction of sp³-hybridized carbons (Fsp3) is 0.417. The smallest absolute Gasteiger partial charge is 0.399 e. The van der Waals surface area contributed by atoms with Gasteiger partial charge in [-0.05, 0) is 18.5 Å². The minimum Gasteiger partial charge on any atom is -0.450 e. The van der Waals surface area contributed by atoms with Crippen LogP contribution in [0.1, 0.15) is 12.5 Å². The summed E-state index contributed by atoms with van der Waals surface area (Å²) < 4.78 is 4.90. The van der Waals surface area contributed by atoms with Crippen molar-refractivity contribution in [2.24, 2.45) is 0 Å². The van der Waals surface area contributed by atoms with Crippen LogP contribution in [0, 0.1) is 0 Å². The molecule has 1 amide bonds. The van der Waals surface area contributed by atoms with Crippen LogP contribution >= 0.6 is 0 Å². The number of carbonyl (C=O) groups is 1. The lowest BCUT2D eigenvalue weighted by atomic mass is 10.2. The quantitative estimate of drug-likeness (QED) is 0.818. The molecule has 0 aromatic heterocycles. The highest BCUT2D eigenvalue weighted by Crippen LogP contribution is 2.09. The van der Waals surface area contributed by atoms with Crippen LogP contribution < -0.4 is 4.98 Å². The summed E-state index contributed by atoms with van der Waals surface area (Å²) in [5.41, 5.74) is 1.26. The Kier molecular flexibility index (Phi) is 4.55. The molecule has 0 saturated heterocycles. The minimum atomic E-state index is -1.77. The van der Waals surface area contributed by atoms with Gasteiger partial charge in [0.15, 0.2) is 8.24 Å². The average Bonchev–Trinajstić information content (AvgIpc) is 2.17. The van der Waals surface area contributed by atoms with E-state index in [0.717, 1.165) is 6.04 Å². The van der Waals surface area contributed by atoms with Crippen LogP contribution in [-0.4, -0.2) is 20.9 Å². The van der Waals surface area contributed by atoms with Gasteiger partial charge >= 0.3 is 6.09 Å². The molecule has 0 atom stereocenters. The molecule has 4 heteroatoms. The molecule has 88 valence electrons. The largest absolute Gasteiger partial charge is 0.450 e. The highest BCUT2D eigenvalue weighted by Gasteiger charge is 2.24. The maximum absolute atomic E-state index is 11.4. The SMILES string of the molecule is CCOC(=O)N[Si](C)(C)Cc1ccccc1. The molecule has 0 unspecified atom stereocenters. The summed E-state index contributed by atoms with van der Waals surface area (Å²) in [5.74, 6) is 0. The lowest BCUT2D eigenvalue weighted by Gasteiger charge is -2.23. The van der Waals surface area contributed by atoms with Crippen molar-refractivity contribution in [3.8, 4) is 0 Å². The fourth-order valence-corrected chi connectivity index (χ4v) is 3.56. The molecule has 0 saturated carbocycles. The topological polar surface area (TPSA) is 38.3 Å². The Morgan fingerprint density at radius 3 is 2.50 bits per heavy atom. The van der Waals surface area contributed by atoms with Gasteiger partial charge in [-0.2, -0.15) is 0 Å². The van der Waals surface area contributed by atoms with E-state index in [9.17, 15) is 4.79 Å². The number of rotatable bonds is 4. The van der Waals surface area contributed by atoms with Crippen molar-refractivity contribution in [3.63, 3.8) is 0 Å². The van der Waals surface area contributed by atoms with E-state index in [4.69, 9.17) is 4.74 Å². The number of hydrogen-bond donors (Lipinski definition) is 1. The van der Waals surface area contributed by atoms with E-state index in [2.05, 4.69) is 30.2 Å². The minimum absolute atomic E-state index is 0.296. The second kappa shape index (κ2) is 5.70. The molecule has 0 aliphatic carbocycles. The van der Waals surface area contributed by atoms with Crippen molar-refractivity contribution in [3.05, 3.63) is 35.9 Å². The van der Waals surface area contributed by atoms with Crippen LogP contribution in [0.2, 0.25) is 13.1 Å². The summed E-state index contributed by atoms with van der Waals surface area (Å²) in [6, 6.07) is 11.1. The first kappa shape index (κ1) is 12.8. The fourth-order valence-electron chi connectivity index (χ4n) is 1.59. The first-order valence-corrected chi connectivity index (χ1v) is 8.73. The van der Waals surface area contributed by atoms with E-state index >= 15 is 0 Å². The Morgan fingerprint density at radius 1 is 1.31 bits per heavy atom. The summed E-state index contributed by atoms with van der Waals surface area (Å²) in [6.07, 6.45) is -0.296. The first-order chi connectivity index (χ1) is 7.53. The van der Waals surface area contributed by atoms with Gasteiger partial charge in [-0.15, -0.1) is 0 Å². The van der Waals surface area contributed by atoms with Gasteiger partial charge in [0.2, 0.25) is 0 Å². The van der Waals surface area contributed by atoms with Gasteiger partial charge in [-0.25, -0.2) is 4.79 Å². The van der Waals surface area contributed by atoms with E-state index in [0.29, 0.717) is 6.61 Å². The first-order valence-electron chi connectivity index (χ1n) is 5.52. The zero-order valence-corrected chi connectivity index (χ0v) is 11.1. The Labute approximate surface area is 97.9 Å². The standard InChI is InChI=1S/C12H19NO2Si/c1-4-15-12(14)13-16(2,3)10-11-8-6-5-7-9-11/h5-9H,4,10H2,1-3H3,(H,13,14). The summed E-state index contributed by atoms with van der Waals surface area (Å²) in [5, 5.41) is 0. The third-order valence-corrected chi connectivity index (χ3v) is 4.38. The third-order valence-electron chi connectivity index (χ3n) is 2.20. The summed E-state index contributed by atoms with van der Waals surface area (Å²) in [7, 11) is -1.77. The number of hydrogen-bond acceptors (Lipinski definition) is 2. The van der Waals surface area contributed by atoms with Crippen molar-refractivity contribution in [1.29, 1.82) is 0 Å². The predicted octanol–water partition coefficient (Wildman–Crippen LogP) is 2.72. The van der Waals surface area contributed by atoms with Crippen molar-refractivity contribution >= 4 is 14.3 Å². The molecule has 1 N–H and O–H groups in total. The molecule has 0 aliphatic heterocycles. The highest BCUT2D eigenvalue weighted by molar-refractivity contribution is 6.76. The zero-order valence-electron chi connectivity index (χ0n) is 10.1. The number of amides is 1. The lowest BCUT2D eigenvalue weighted by Crippen LogP contribution is -2.50. The van der Waals surface area contributed by atoms with Crippen LogP contribution in [0.3, 0.4) is 0 Å². The van der Waals surface area contributed by atoms with Crippen LogP contribution in [-0.2, 0) is 10.8 Å². The van der Waals surface area contributed by atoms with E-state index in [1.807, 2.05) is 25.1 Å². The van der Waals surface area contributed by atoms with Gasteiger partial charge in [0.05, 0.1) is 6.61 Å². The molecule has 0 spiro atoms. The summed E-state index contributed by atoms with van der Waals surface area (Å²) in [4.78, 5) is 14.3. The molecule has 0 heterocycles. The third kappa shape index (κ3) is 4.48. The summed E-state index contributed by atoms with van der Waals surface area (Å²) >= 11 is 0. The molecular weight excluding hydrogens is 218 g/mol.